The second-order valence-corrected chi connectivity index (χ2v) is 11.4. The van der Waals surface area contributed by atoms with Crippen LogP contribution in [-0.2, 0) is 40.5 Å². The Hall–Kier alpha value is -3.64. The maximum atomic E-state index is 13.1. The van der Waals surface area contributed by atoms with E-state index >= 15 is 0 Å². The van der Waals surface area contributed by atoms with Crippen LogP contribution in [0.4, 0.5) is 0 Å². The fourth-order valence-corrected chi connectivity index (χ4v) is 6.88. The number of likely N-dealkylation sites (tertiary alicyclic amines) is 1. The Morgan fingerprint density at radius 2 is 1.85 bits per heavy atom. The van der Waals surface area contributed by atoms with Crippen LogP contribution < -0.4 is 20.1 Å². The standard InChI is InChI=1S/C29H37N3O9/c1-14(30-17(4)33)25(34)31-15(2)26(35)39-16(3)27(36)40-20-9-10-29(37)21-13-18-7-8-19(38-6)23-22(18)28(29,24(20)41-23)11-12-32(21)5/h7-9,14-16,21,24,37H,10-13H2,1-6H3,(H,30,33)(H,31,34)/t14-,15-,16-,21-,24-,28-,29+/m0/s1. The molecule has 0 aromatic heterocycles. The summed E-state index contributed by atoms with van der Waals surface area (Å²) in [5.74, 6) is -1.27. The molecule has 1 saturated heterocycles. The summed E-state index contributed by atoms with van der Waals surface area (Å²) in [6, 6.07) is 1.80. The number of nitrogens with one attached hydrogen (secondary N) is 2. The molecule has 4 aliphatic rings. The molecule has 2 aliphatic carbocycles. The molecule has 3 N–H and O–H groups in total. The van der Waals surface area contributed by atoms with Gasteiger partial charge in [-0.15, -0.1) is 0 Å². The van der Waals surface area contributed by atoms with Gasteiger partial charge in [-0.3, -0.25) is 9.59 Å². The van der Waals surface area contributed by atoms with Crippen molar-refractivity contribution >= 4 is 23.8 Å². The zero-order chi connectivity index (χ0) is 29.9. The number of rotatable bonds is 8. The first-order valence-corrected chi connectivity index (χ1v) is 13.8. The van der Waals surface area contributed by atoms with Gasteiger partial charge in [0.15, 0.2) is 23.7 Å². The normalized spacial score (nSPS) is 29.5. The van der Waals surface area contributed by atoms with Crippen molar-refractivity contribution in [1.82, 2.24) is 15.5 Å². The van der Waals surface area contributed by atoms with Gasteiger partial charge in [-0.25, -0.2) is 9.59 Å². The number of esters is 2. The molecule has 2 aliphatic heterocycles. The molecule has 1 aromatic rings. The lowest BCUT2D eigenvalue weighted by Crippen LogP contribution is -2.74. The number of ether oxygens (including phenoxy) is 4. The number of amides is 2. The quantitative estimate of drug-likeness (QED) is 0.376. The number of piperidine rings is 1. The lowest BCUT2D eigenvalue weighted by atomic mass is 9.50. The minimum atomic E-state index is -1.29. The maximum Gasteiger partial charge on any atom is 0.352 e. The Morgan fingerprint density at radius 1 is 1.12 bits per heavy atom. The van der Waals surface area contributed by atoms with Crippen molar-refractivity contribution in [3.63, 3.8) is 0 Å². The highest BCUT2D eigenvalue weighted by Crippen LogP contribution is 2.65. The van der Waals surface area contributed by atoms with Crippen LogP contribution in [0, 0.1) is 0 Å². The summed E-state index contributed by atoms with van der Waals surface area (Å²) >= 11 is 0. The van der Waals surface area contributed by atoms with Crippen LogP contribution in [0.2, 0.25) is 0 Å². The molecule has 0 unspecified atom stereocenters. The molecule has 222 valence electrons. The molecule has 2 amide bonds. The van der Waals surface area contributed by atoms with Crippen LogP contribution in [0.1, 0.15) is 51.7 Å². The van der Waals surface area contributed by atoms with Gasteiger partial charge < -0.3 is 39.6 Å². The highest BCUT2D eigenvalue weighted by Gasteiger charge is 2.72. The smallest absolute Gasteiger partial charge is 0.352 e. The Kier molecular flexibility index (Phi) is 7.27. The highest BCUT2D eigenvalue weighted by molar-refractivity contribution is 5.90. The number of likely N-dealkylation sites (N-methyl/N-ethyl adjacent to an activating group) is 1. The second-order valence-electron chi connectivity index (χ2n) is 11.4. The van der Waals surface area contributed by atoms with Crippen LogP contribution in [-0.4, -0.2) is 90.4 Å². The Morgan fingerprint density at radius 3 is 2.54 bits per heavy atom. The Bertz CT molecular complexity index is 1330. The number of nitrogens with zero attached hydrogens (tertiary/aromatic N) is 1. The zero-order valence-electron chi connectivity index (χ0n) is 24.1. The minimum absolute atomic E-state index is 0.146. The van der Waals surface area contributed by atoms with Crippen molar-refractivity contribution in [2.75, 3.05) is 20.7 Å². The molecule has 41 heavy (non-hydrogen) atoms. The Balaban J connectivity index is 1.33. The number of hydrogen-bond acceptors (Lipinski definition) is 10. The van der Waals surface area contributed by atoms with Gasteiger partial charge in [-0.2, -0.15) is 0 Å². The van der Waals surface area contributed by atoms with Crippen LogP contribution in [0.25, 0.3) is 0 Å². The first kappa shape index (κ1) is 28.9. The number of carbonyl (C=O) groups excluding carboxylic acids is 4. The van der Waals surface area contributed by atoms with Gasteiger partial charge in [-0.05, 0) is 64.9 Å². The molecule has 2 heterocycles. The largest absolute Gasteiger partial charge is 0.493 e. The number of benzene rings is 1. The van der Waals surface area contributed by atoms with E-state index < -0.39 is 53.2 Å². The van der Waals surface area contributed by atoms with E-state index in [2.05, 4.69) is 15.5 Å². The fraction of sp³-hybridized carbons (Fsp3) is 0.586. The molecule has 5 rings (SSSR count). The van der Waals surface area contributed by atoms with Gasteiger partial charge >= 0.3 is 11.9 Å². The van der Waals surface area contributed by atoms with Crippen molar-refractivity contribution in [3.8, 4) is 11.5 Å². The number of aliphatic hydroxyl groups is 1. The summed E-state index contributed by atoms with van der Waals surface area (Å²) in [5, 5.41) is 17.2. The number of carbonyl (C=O) groups is 4. The number of methoxy groups -OCH3 is 1. The van der Waals surface area contributed by atoms with Crippen molar-refractivity contribution in [2.24, 2.45) is 0 Å². The average molecular weight is 572 g/mol. The van der Waals surface area contributed by atoms with Crippen molar-refractivity contribution in [2.45, 2.75) is 88.3 Å². The van der Waals surface area contributed by atoms with E-state index in [1.807, 2.05) is 19.2 Å². The molecular weight excluding hydrogens is 534 g/mol. The van der Waals surface area contributed by atoms with Crippen molar-refractivity contribution < 1.29 is 43.2 Å². The van der Waals surface area contributed by atoms with Gasteiger partial charge in [0.2, 0.25) is 11.8 Å². The van der Waals surface area contributed by atoms with E-state index in [4.69, 9.17) is 18.9 Å². The molecule has 2 bridgehead atoms. The van der Waals surface area contributed by atoms with E-state index in [-0.39, 0.29) is 24.1 Å². The van der Waals surface area contributed by atoms with Gasteiger partial charge in [0, 0.05) is 24.9 Å². The van der Waals surface area contributed by atoms with Gasteiger partial charge in [-0.1, -0.05) is 6.07 Å². The molecule has 1 aromatic carbocycles. The summed E-state index contributed by atoms with van der Waals surface area (Å²) in [4.78, 5) is 51.3. The monoisotopic (exact) mass is 571 g/mol. The van der Waals surface area contributed by atoms with Crippen LogP contribution in [0.5, 0.6) is 11.5 Å². The molecular formula is C29H37N3O9. The predicted octanol–water partition coefficient (Wildman–Crippen LogP) is 0.477. The summed E-state index contributed by atoms with van der Waals surface area (Å²) in [6.45, 7) is 6.28. The third-order valence-corrected chi connectivity index (χ3v) is 8.93. The predicted molar refractivity (Wildman–Crippen MR) is 144 cm³/mol. The summed E-state index contributed by atoms with van der Waals surface area (Å²) in [5.41, 5.74) is -0.00298. The lowest BCUT2D eigenvalue weighted by Gasteiger charge is -2.61. The number of hydrogen-bond donors (Lipinski definition) is 3. The zero-order valence-corrected chi connectivity index (χ0v) is 24.1. The van der Waals surface area contributed by atoms with Crippen molar-refractivity contribution in [3.05, 3.63) is 35.1 Å². The molecule has 7 atom stereocenters. The third-order valence-electron chi connectivity index (χ3n) is 8.93. The van der Waals surface area contributed by atoms with E-state index in [1.165, 1.54) is 27.7 Å². The first-order valence-electron chi connectivity index (χ1n) is 13.8. The topological polar surface area (TPSA) is 153 Å². The first-order chi connectivity index (χ1) is 19.3. The van der Waals surface area contributed by atoms with Gasteiger partial charge in [0.1, 0.15) is 17.8 Å². The second kappa shape index (κ2) is 10.3. The molecule has 0 radical (unpaired) electrons. The molecule has 1 spiro atoms. The molecule has 0 saturated carbocycles. The van der Waals surface area contributed by atoms with E-state index in [9.17, 15) is 24.3 Å². The van der Waals surface area contributed by atoms with Gasteiger partial charge in [0.25, 0.3) is 0 Å². The van der Waals surface area contributed by atoms with Crippen LogP contribution in [0.15, 0.2) is 24.0 Å². The van der Waals surface area contributed by atoms with Crippen molar-refractivity contribution in [1.29, 1.82) is 0 Å². The summed E-state index contributed by atoms with van der Waals surface area (Å²) in [7, 11) is 3.57. The Labute approximate surface area is 238 Å². The highest BCUT2D eigenvalue weighted by atomic mass is 16.6. The minimum Gasteiger partial charge on any atom is -0.493 e. The SMILES string of the molecule is COc1ccc2c3c1O[C@H]1C(OC(=O)[C@H](C)OC(=O)[C@H](C)NC(=O)[C@H](C)NC(C)=O)=CC[C@@]4(O)[C@H](C2)N(C)CC[C@]314. The summed E-state index contributed by atoms with van der Waals surface area (Å²) in [6.07, 6.45) is 1.12. The third kappa shape index (κ3) is 4.44. The van der Waals surface area contributed by atoms with Crippen LogP contribution >= 0.6 is 0 Å². The van der Waals surface area contributed by atoms with E-state index in [0.29, 0.717) is 24.3 Å². The fourth-order valence-electron chi connectivity index (χ4n) is 6.88. The molecule has 12 heteroatoms. The molecule has 12 nitrogen and oxygen atoms in total. The van der Waals surface area contributed by atoms with Gasteiger partial charge in [0.05, 0.1) is 18.1 Å². The summed E-state index contributed by atoms with van der Waals surface area (Å²) < 4.78 is 23.2. The van der Waals surface area contributed by atoms with E-state index in [1.54, 1.807) is 13.2 Å². The maximum absolute atomic E-state index is 13.1. The van der Waals surface area contributed by atoms with E-state index in [0.717, 1.165) is 17.7 Å². The lowest BCUT2D eigenvalue weighted by molar-refractivity contribution is -0.176. The molecule has 1 fully saturated rings. The average Bonchev–Trinajstić information content (AvgIpc) is 3.27. The van der Waals surface area contributed by atoms with Crippen LogP contribution in [0.3, 0.4) is 0 Å².